The highest BCUT2D eigenvalue weighted by Gasteiger charge is 2.21. The van der Waals surface area contributed by atoms with Crippen LogP contribution in [0.2, 0.25) is 0 Å². The Morgan fingerprint density at radius 1 is 1.25 bits per heavy atom. The maximum absolute atomic E-state index is 12.7. The Morgan fingerprint density at radius 3 is 2.58 bits per heavy atom. The fourth-order valence-electron chi connectivity index (χ4n) is 2.77. The predicted molar refractivity (Wildman–Crippen MR) is 101 cm³/mol. The van der Waals surface area contributed by atoms with E-state index in [-0.39, 0.29) is 11.9 Å². The molecular weight excluding hydrogens is 320 g/mol. The first-order valence-corrected chi connectivity index (χ1v) is 9.14. The van der Waals surface area contributed by atoms with Crippen LogP contribution in [-0.4, -0.2) is 49.5 Å². The van der Waals surface area contributed by atoms with E-state index in [2.05, 4.69) is 46.6 Å². The van der Waals surface area contributed by atoms with Gasteiger partial charge >= 0.3 is 0 Å². The van der Waals surface area contributed by atoms with E-state index in [4.69, 9.17) is 0 Å². The summed E-state index contributed by atoms with van der Waals surface area (Å²) in [6, 6.07) is 8.00. The van der Waals surface area contributed by atoms with Gasteiger partial charge in [-0.2, -0.15) is 0 Å². The van der Waals surface area contributed by atoms with Crippen LogP contribution in [-0.2, 0) is 0 Å². The van der Waals surface area contributed by atoms with Gasteiger partial charge in [-0.1, -0.05) is 19.9 Å². The molecule has 0 aliphatic rings. The van der Waals surface area contributed by atoms with Crippen molar-refractivity contribution in [3.05, 3.63) is 46.3 Å². The van der Waals surface area contributed by atoms with Gasteiger partial charge in [-0.15, -0.1) is 11.3 Å². The summed E-state index contributed by atoms with van der Waals surface area (Å²) in [5.74, 6) is 0.603. The molecule has 2 aromatic rings. The topological polar surface area (TPSA) is 48.5 Å². The minimum absolute atomic E-state index is 0.0829. The number of hydrogen-bond donors (Lipinski definition) is 1. The van der Waals surface area contributed by atoms with Crippen molar-refractivity contribution in [1.29, 1.82) is 0 Å². The summed E-state index contributed by atoms with van der Waals surface area (Å²) >= 11 is 1.73. The normalized spacial score (nSPS) is 12.2. The van der Waals surface area contributed by atoms with Crippen molar-refractivity contribution >= 4 is 23.1 Å². The maximum Gasteiger partial charge on any atom is 0.255 e. The van der Waals surface area contributed by atoms with Crippen molar-refractivity contribution in [3.8, 4) is 0 Å². The second-order valence-electron chi connectivity index (χ2n) is 5.73. The number of likely N-dealkylation sites (N-methyl/N-ethyl adjacent to an activating group) is 1. The van der Waals surface area contributed by atoms with Gasteiger partial charge in [0.05, 0.1) is 11.6 Å². The monoisotopic (exact) mass is 346 g/mol. The molecule has 6 heteroatoms. The summed E-state index contributed by atoms with van der Waals surface area (Å²) in [6.45, 7) is 6.78. The Hall–Kier alpha value is -1.92. The Morgan fingerprint density at radius 2 is 2.00 bits per heavy atom. The van der Waals surface area contributed by atoms with Gasteiger partial charge in [0.2, 0.25) is 0 Å². The maximum atomic E-state index is 12.7. The van der Waals surface area contributed by atoms with E-state index >= 15 is 0 Å². The molecule has 0 spiro atoms. The zero-order valence-electron chi connectivity index (χ0n) is 14.8. The molecule has 0 bridgehead atoms. The number of nitrogens with zero attached hydrogens (tertiary/aromatic N) is 3. The van der Waals surface area contributed by atoms with Crippen molar-refractivity contribution in [1.82, 2.24) is 15.2 Å². The largest absolute Gasteiger partial charge is 0.362 e. The minimum atomic E-state index is -0.0829. The number of rotatable bonds is 8. The summed E-state index contributed by atoms with van der Waals surface area (Å²) < 4.78 is 0. The number of aromatic nitrogens is 1. The molecule has 2 rings (SSSR count). The number of nitrogens with one attached hydrogen (secondary N) is 1. The van der Waals surface area contributed by atoms with E-state index in [1.54, 1.807) is 23.6 Å². The SMILES string of the molecule is CCN(CC)C(CNC(=O)c1cccnc1N(C)C)c1cccs1. The third-order valence-electron chi connectivity index (χ3n) is 4.04. The molecule has 1 N–H and O–H groups in total. The van der Waals surface area contributed by atoms with E-state index < -0.39 is 0 Å². The lowest BCUT2D eigenvalue weighted by atomic mass is 10.1. The summed E-state index contributed by atoms with van der Waals surface area (Å²) in [5.41, 5.74) is 0.604. The van der Waals surface area contributed by atoms with E-state index in [0.29, 0.717) is 17.9 Å². The fourth-order valence-corrected chi connectivity index (χ4v) is 3.63. The van der Waals surface area contributed by atoms with Crippen LogP contribution in [0.3, 0.4) is 0 Å². The highest BCUT2D eigenvalue weighted by molar-refractivity contribution is 7.10. The molecular formula is C18H26N4OS. The molecule has 2 aromatic heterocycles. The Labute approximate surface area is 148 Å². The molecule has 0 radical (unpaired) electrons. The molecule has 2 heterocycles. The molecule has 0 aromatic carbocycles. The zero-order valence-corrected chi connectivity index (χ0v) is 15.6. The number of anilines is 1. The Bertz CT molecular complexity index is 638. The zero-order chi connectivity index (χ0) is 17.5. The van der Waals surface area contributed by atoms with Gasteiger partial charge in [0.1, 0.15) is 5.82 Å². The molecule has 1 amide bonds. The highest BCUT2D eigenvalue weighted by atomic mass is 32.1. The summed E-state index contributed by atoms with van der Waals surface area (Å²) in [7, 11) is 3.78. The van der Waals surface area contributed by atoms with Gasteiger partial charge in [-0.25, -0.2) is 4.98 Å². The number of thiophene rings is 1. The first-order chi connectivity index (χ1) is 11.6. The molecule has 1 unspecified atom stereocenters. The lowest BCUT2D eigenvalue weighted by molar-refractivity contribution is 0.0936. The van der Waals surface area contributed by atoms with Crippen LogP contribution in [0.15, 0.2) is 35.8 Å². The van der Waals surface area contributed by atoms with E-state index in [1.807, 2.05) is 25.1 Å². The van der Waals surface area contributed by atoms with Gasteiger partial charge in [0.25, 0.3) is 5.91 Å². The van der Waals surface area contributed by atoms with Gasteiger partial charge in [-0.05, 0) is 36.7 Å². The summed E-state index contributed by atoms with van der Waals surface area (Å²) in [6.07, 6.45) is 1.70. The van der Waals surface area contributed by atoms with Crippen molar-refractivity contribution < 1.29 is 4.79 Å². The van der Waals surface area contributed by atoms with Gasteiger partial charge in [-0.3, -0.25) is 9.69 Å². The molecule has 0 fully saturated rings. The van der Waals surface area contributed by atoms with E-state index in [1.165, 1.54) is 4.88 Å². The third-order valence-corrected chi connectivity index (χ3v) is 5.01. The Kier molecular flexibility index (Phi) is 6.75. The summed E-state index contributed by atoms with van der Waals surface area (Å²) in [4.78, 5) is 22.4. The van der Waals surface area contributed by atoms with Crippen molar-refractivity contribution in [3.63, 3.8) is 0 Å². The van der Waals surface area contributed by atoms with Gasteiger partial charge < -0.3 is 10.2 Å². The van der Waals surface area contributed by atoms with Gasteiger partial charge in [0.15, 0.2) is 0 Å². The van der Waals surface area contributed by atoms with Crippen molar-refractivity contribution in [2.45, 2.75) is 19.9 Å². The molecule has 1 atom stereocenters. The van der Waals surface area contributed by atoms with Crippen molar-refractivity contribution in [2.75, 3.05) is 38.6 Å². The highest BCUT2D eigenvalue weighted by Crippen LogP contribution is 2.24. The molecule has 0 saturated carbocycles. The third kappa shape index (κ3) is 4.33. The smallest absolute Gasteiger partial charge is 0.255 e. The molecule has 0 aliphatic carbocycles. The number of amides is 1. The number of carbonyl (C=O) groups excluding carboxylic acids is 1. The number of hydrogen-bond acceptors (Lipinski definition) is 5. The molecule has 130 valence electrons. The second kappa shape index (κ2) is 8.80. The van der Waals surface area contributed by atoms with E-state index in [9.17, 15) is 4.79 Å². The molecule has 5 nitrogen and oxygen atoms in total. The van der Waals surface area contributed by atoms with Crippen LogP contribution in [0.5, 0.6) is 0 Å². The van der Waals surface area contributed by atoms with Crippen LogP contribution < -0.4 is 10.2 Å². The second-order valence-corrected chi connectivity index (χ2v) is 6.71. The first-order valence-electron chi connectivity index (χ1n) is 8.26. The quantitative estimate of drug-likeness (QED) is 0.798. The van der Waals surface area contributed by atoms with Crippen LogP contribution in [0, 0.1) is 0 Å². The number of carbonyl (C=O) groups is 1. The predicted octanol–water partition coefficient (Wildman–Crippen LogP) is 3.02. The van der Waals surface area contributed by atoms with Gasteiger partial charge in [0, 0.05) is 31.7 Å². The molecule has 0 aliphatic heterocycles. The molecule has 24 heavy (non-hydrogen) atoms. The summed E-state index contributed by atoms with van der Waals surface area (Å²) in [5, 5.41) is 5.17. The van der Waals surface area contributed by atoms with Crippen LogP contribution in [0.1, 0.15) is 35.1 Å². The van der Waals surface area contributed by atoms with E-state index in [0.717, 1.165) is 13.1 Å². The average Bonchev–Trinajstić information content (AvgIpc) is 3.12. The Balaban J connectivity index is 2.13. The lowest BCUT2D eigenvalue weighted by Gasteiger charge is -2.29. The van der Waals surface area contributed by atoms with Crippen LogP contribution >= 0.6 is 11.3 Å². The standard InChI is InChI=1S/C18H26N4OS/c1-5-22(6-2)15(16-10-8-12-24-16)13-20-18(23)14-9-7-11-19-17(14)21(3)4/h7-12,15H,5-6,13H2,1-4H3,(H,20,23). The van der Waals surface area contributed by atoms with Crippen LogP contribution in [0.25, 0.3) is 0 Å². The minimum Gasteiger partial charge on any atom is -0.362 e. The average molecular weight is 347 g/mol. The van der Waals surface area contributed by atoms with Crippen molar-refractivity contribution in [2.24, 2.45) is 0 Å². The lowest BCUT2D eigenvalue weighted by Crippen LogP contribution is -2.38. The fraction of sp³-hybridized carbons (Fsp3) is 0.444. The first kappa shape index (κ1) is 18.4. The molecule has 0 saturated heterocycles. The number of pyridine rings is 1. The van der Waals surface area contributed by atoms with Crippen LogP contribution in [0.4, 0.5) is 5.82 Å².